The number of ether oxygens (including phenoxy) is 1. The monoisotopic (exact) mass is 370 g/mol. The van der Waals surface area contributed by atoms with E-state index in [-0.39, 0.29) is 24.7 Å². The van der Waals surface area contributed by atoms with Crippen LogP contribution in [0.15, 0.2) is 0 Å². The number of alkyl halides is 2. The molecular formula is C14H20F2O7S. The van der Waals surface area contributed by atoms with Crippen molar-refractivity contribution in [1.82, 2.24) is 0 Å². The zero-order valence-electron chi connectivity index (χ0n) is 13.0. The predicted molar refractivity (Wildman–Crippen MR) is 75.5 cm³/mol. The van der Waals surface area contributed by atoms with E-state index in [9.17, 15) is 32.2 Å². The van der Waals surface area contributed by atoms with Crippen molar-refractivity contribution in [3.05, 3.63) is 0 Å². The number of aliphatic hydroxyl groups is 2. The molecule has 0 saturated heterocycles. The van der Waals surface area contributed by atoms with Crippen molar-refractivity contribution < 1.29 is 41.5 Å². The third-order valence-corrected chi connectivity index (χ3v) is 6.53. The molecule has 5 unspecified atom stereocenters. The Morgan fingerprint density at radius 1 is 1.25 bits per heavy atom. The Labute approximate surface area is 137 Å². The fourth-order valence-electron chi connectivity index (χ4n) is 5.05. The van der Waals surface area contributed by atoms with Gasteiger partial charge in [0.05, 0.1) is 17.8 Å². The fourth-order valence-corrected chi connectivity index (χ4v) is 5.32. The van der Waals surface area contributed by atoms with Crippen LogP contribution in [-0.4, -0.2) is 52.2 Å². The number of fused-ring (bicyclic) bond motifs is 1. The van der Waals surface area contributed by atoms with Crippen molar-refractivity contribution in [2.24, 2.45) is 17.3 Å². The van der Waals surface area contributed by atoms with Gasteiger partial charge in [0, 0.05) is 5.41 Å². The van der Waals surface area contributed by atoms with E-state index in [4.69, 9.17) is 4.55 Å². The molecule has 0 aromatic carbocycles. The maximum atomic E-state index is 13.3. The van der Waals surface area contributed by atoms with E-state index in [1.165, 1.54) is 0 Å². The Kier molecular flexibility index (Phi) is 3.64. The lowest BCUT2D eigenvalue weighted by Crippen LogP contribution is -2.55. The minimum absolute atomic E-state index is 0.0562. The molecule has 2 bridgehead atoms. The molecule has 3 fully saturated rings. The highest BCUT2D eigenvalue weighted by atomic mass is 32.2. The fraction of sp³-hybridized carbons (Fsp3) is 0.929. The molecule has 5 atom stereocenters. The zero-order chi connectivity index (χ0) is 18.2. The normalized spacial score (nSPS) is 44.6. The number of carbonyl (C=O) groups excluding carboxylic acids is 1. The molecule has 10 heteroatoms. The average molecular weight is 370 g/mol. The lowest BCUT2D eigenvalue weighted by molar-refractivity contribution is -0.177. The highest BCUT2D eigenvalue weighted by molar-refractivity contribution is 7.87. The lowest BCUT2D eigenvalue weighted by Gasteiger charge is -2.52. The number of esters is 1. The molecule has 7 nitrogen and oxygen atoms in total. The summed E-state index contributed by atoms with van der Waals surface area (Å²) in [5.41, 5.74) is -3.06. The number of rotatable bonds is 4. The van der Waals surface area contributed by atoms with E-state index in [2.05, 4.69) is 4.74 Å². The molecule has 3 aliphatic carbocycles. The van der Waals surface area contributed by atoms with E-state index < -0.39 is 44.6 Å². The minimum atomic E-state index is -5.92. The molecular weight excluding hydrogens is 350 g/mol. The first kappa shape index (κ1) is 18.0. The Morgan fingerprint density at radius 3 is 2.46 bits per heavy atom. The molecule has 3 N–H and O–H groups in total. The largest absolute Gasteiger partial charge is 0.465 e. The molecule has 138 valence electrons. The predicted octanol–water partition coefficient (Wildman–Crippen LogP) is 0.702. The van der Waals surface area contributed by atoms with Crippen molar-refractivity contribution in [3.8, 4) is 0 Å². The van der Waals surface area contributed by atoms with Gasteiger partial charge in [-0.25, -0.2) is 4.79 Å². The number of hydrogen-bond donors (Lipinski definition) is 3. The first-order valence-electron chi connectivity index (χ1n) is 7.67. The van der Waals surface area contributed by atoms with Crippen molar-refractivity contribution in [2.45, 2.75) is 55.5 Å². The molecule has 0 spiro atoms. The standard InChI is InChI=1S/C14H20F2O7S/c1-11(7-23-10(17)14(15,16)24(20,21)22)5-12(18)2-8-3-13(19,6-11)9(8)4-12/h8-9,18-19H,2-7H2,1H3,(H,20,21,22). The van der Waals surface area contributed by atoms with E-state index in [1.807, 2.05) is 0 Å². The number of hydrogen-bond acceptors (Lipinski definition) is 6. The average Bonchev–Trinajstić information content (AvgIpc) is 2.63. The van der Waals surface area contributed by atoms with E-state index in [0.29, 0.717) is 19.3 Å². The Bertz CT molecular complexity index is 673. The zero-order valence-corrected chi connectivity index (χ0v) is 13.9. The van der Waals surface area contributed by atoms with E-state index in [0.717, 1.165) is 0 Å². The van der Waals surface area contributed by atoms with Gasteiger partial charge < -0.3 is 14.9 Å². The van der Waals surface area contributed by atoms with E-state index in [1.54, 1.807) is 6.92 Å². The quantitative estimate of drug-likeness (QED) is 0.492. The van der Waals surface area contributed by atoms with Gasteiger partial charge >= 0.3 is 21.3 Å². The van der Waals surface area contributed by atoms with Crippen LogP contribution in [0.25, 0.3) is 0 Å². The van der Waals surface area contributed by atoms with Gasteiger partial charge in [-0.2, -0.15) is 17.2 Å². The van der Waals surface area contributed by atoms with Crippen LogP contribution in [0.2, 0.25) is 0 Å². The molecule has 3 rings (SSSR count). The molecule has 3 aliphatic rings. The number of carbonyl (C=O) groups is 1. The highest BCUT2D eigenvalue weighted by Crippen LogP contribution is 2.65. The maximum absolute atomic E-state index is 13.3. The highest BCUT2D eigenvalue weighted by Gasteiger charge is 2.66. The lowest BCUT2D eigenvalue weighted by atomic mass is 9.57. The van der Waals surface area contributed by atoms with Gasteiger partial charge in [-0.3, -0.25) is 4.55 Å². The summed E-state index contributed by atoms with van der Waals surface area (Å²) in [6.45, 7) is 1.01. The summed E-state index contributed by atoms with van der Waals surface area (Å²) in [6.07, 6.45) is 1.74. The minimum Gasteiger partial charge on any atom is -0.460 e. The summed E-state index contributed by atoms with van der Waals surface area (Å²) in [5.74, 6) is -2.18. The molecule has 24 heavy (non-hydrogen) atoms. The van der Waals surface area contributed by atoms with Crippen LogP contribution in [0.1, 0.15) is 39.0 Å². The van der Waals surface area contributed by atoms with Gasteiger partial charge in [0.15, 0.2) is 0 Å². The molecule has 0 aliphatic heterocycles. The van der Waals surface area contributed by atoms with Crippen LogP contribution in [0.4, 0.5) is 8.78 Å². The molecule has 0 heterocycles. The molecule has 0 radical (unpaired) electrons. The summed E-state index contributed by atoms with van der Waals surface area (Å²) >= 11 is 0. The van der Waals surface area contributed by atoms with Crippen molar-refractivity contribution in [1.29, 1.82) is 0 Å². The summed E-state index contributed by atoms with van der Waals surface area (Å²) in [6, 6.07) is 0. The molecule has 0 amide bonds. The second-order valence-electron chi connectivity index (χ2n) is 8.04. The van der Waals surface area contributed by atoms with Crippen molar-refractivity contribution in [3.63, 3.8) is 0 Å². The Balaban J connectivity index is 1.74. The van der Waals surface area contributed by atoms with Crippen LogP contribution in [0, 0.1) is 17.3 Å². The van der Waals surface area contributed by atoms with E-state index >= 15 is 0 Å². The van der Waals surface area contributed by atoms with Crippen molar-refractivity contribution >= 4 is 16.1 Å². The Morgan fingerprint density at radius 2 is 1.88 bits per heavy atom. The van der Waals surface area contributed by atoms with Gasteiger partial charge in [-0.05, 0) is 43.9 Å². The first-order valence-corrected chi connectivity index (χ1v) is 9.11. The summed E-state index contributed by atoms with van der Waals surface area (Å²) in [5, 5.41) is 16.3. The van der Waals surface area contributed by atoms with Crippen LogP contribution in [-0.2, 0) is 19.6 Å². The smallest absolute Gasteiger partial charge is 0.460 e. The summed E-state index contributed by atoms with van der Waals surface area (Å²) < 4.78 is 60.5. The van der Waals surface area contributed by atoms with Crippen LogP contribution in [0.3, 0.4) is 0 Å². The third kappa shape index (κ3) is 2.63. The van der Waals surface area contributed by atoms with Crippen molar-refractivity contribution in [2.75, 3.05) is 6.61 Å². The topological polar surface area (TPSA) is 121 Å². The maximum Gasteiger partial charge on any atom is 0.465 e. The SMILES string of the molecule is CC1(COC(=O)C(F)(F)S(=O)(=O)O)CC2(O)CC3CC(O)(C1)C3C2. The van der Waals surface area contributed by atoms with Crippen LogP contribution >= 0.6 is 0 Å². The first-order chi connectivity index (χ1) is 10.7. The molecule has 0 aromatic rings. The van der Waals surface area contributed by atoms with Gasteiger partial charge in [0.2, 0.25) is 0 Å². The summed E-state index contributed by atoms with van der Waals surface area (Å²) in [4.78, 5) is 11.4. The molecule has 0 aromatic heterocycles. The number of halogens is 2. The van der Waals surface area contributed by atoms with Gasteiger partial charge in [0.1, 0.15) is 0 Å². The Hall–Kier alpha value is -0.840. The van der Waals surface area contributed by atoms with Crippen LogP contribution in [0.5, 0.6) is 0 Å². The summed E-state index contributed by atoms with van der Waals surface area (Å²) in [7, 11) is -5.92. The molecule has 3 saturated carbocycles. The van der Waals surface area contributed by atoms with Gasteiger partial charge in [0.25, 0.3) is 0 Å². The third-order valence-electron chi connectivity index (χ3n) is 5.72. The second kappa shape index (κ2) is 4.87. The van der Waals surface area contributed by atoms with Gasteiger partial charge in [-0.15, -0.1) is 0 Å². The second-order valence-corrected chi connectivity index (χ2v) is 9.50. The van der Waals surface area contributed by atoms with Gasteiger partial charge in [-0.1, -0.05) is 6.92 Å². The van der Waals surface area contributed by atoms with Crippen LogP contribution < -0.4 is 0 Å².